The maximum absolute atomic E-state index is 12.4. The van der Waals surface area contributed by atoms with E-state index in [1.165, 1.54) is 24.3 Å². The molecule has 0 aliphatic heterocycles. The summed E-state index contributed by atoms with van der Waals surface area (Å²) in [6.45, 7) is 6.59. The van der Waals surface area contributed by atoms with E-state index in [0.717, 1.165) is 0 Å². The number of aromatic carboxylic acids is 1. The maximum Gasteiger partial charge on any atom is 0.338 e. The van der Waals surface area contributed by atoms with E-state index in [9.17, 15) is 19.2 Å². The van der Waals surface area contributed by atoms with Crippen molar-refractivity contribution in [1.82, 2.24) is 0 Å². The van der Waals surface area contributed by atoms with Crippen molar-refractivity contribution in [2.75, 3.05) is 19.8 Å². The number of ketones is 2. The Balaban J connectivity index is 0.000000261. The first-order chi connectivity index (χ1) is 22.9. The largest absolute Gasteiger partial charge is 0.491 e. The third kappa shape index (κ3) is 10.7. The molecule has 4 aromatic carbocycles. The molecule has 0 aliphatic carbocycles. The Morgan fingerprint density at radius 1 is 0.542 bits per heavy atom. The van der Waals surface area contributed by atoms with Crippen molar-refractivity contribution in [3.05, 3.63) is 126 Å². The van der Waals surface area contributed by atoms with Crippen LogP contribution in [0.25, 0.3) is 0 Å². The number of hydrogen-bond donors (Lipinski definition) is 1. The third-order valence-corrected chi connectivity index (χ3v) is 7.72. The number of carboxylic acid groups (broad SMARTS) is 1. The zero-order valence-corrected chi connectivity index (χ0v) is 29.3. The van der Waals surface area contributed by atoms with Gasteiger partial charge in [0.1, 0.15) is 0 Å². The minimum absolute atomic E-state index is 0.105. The molecule has 0 unspecified atom stereocenters. The molecule has 12 heteroatoms. The summed E-state index contributed by atoms with van der Waals surface area (Å²) in [6, 6.07) is 18.7. The van der Waals surface area contributed by atoms with Gasteiger partial charge in [-0.1, -0.05) is 70.7 Å². The number of carboxylic acids is 1. The van der Waals surface area contributed by atoms with Gasteiger partial charge in [-0.15, -0.1) is 0 Å². The van der Waals surface area contributed by atoms with E-state index in [1.807, 2.05) is 13.8 Å². The van der Waals surface area contributed by atoms with Crippen LogP contribution in [0.15, 0.2) is 72.8 Å². The molecule has 4 rings (SSSR count). The quantitative estimate of drug-likeness (QED) is 0.107. The summed E-state index contributed by atoms with van der Waals surface area (Å²) in [4.78, 5) is 47.1. The van der Waals surface area contributed by atoms with E-state index in [4.69, 9.17) is 65.7 Å². The molecule has 0 heterocycles. The number of esters is 1. The Labute approximate surface area is 298 Å². The molecule has 4 aromatic rings. The number of rotatable bonds is 13. The van der Waals surface area contributed by atoms with E-state index in [-0.39, 0.29) is 30.0 Å². The summed E-state index contributed by atoms with van der Waals surface area (Å²) in [5, 5.41) is 10.3. The summed E-state index contributed by atoms with van der Waals surface area (Å²) in [5.74, 6) is -0.885. The van der Waals surface area contributed by atoms with Crippen molar-refractivity contribution in [2.45, 2.75) is 33.6 Å². The van der Waals surface area contributed by atoms with E-state index in [1.54, 1.807) is 55.5 Å². The lowest BCUT2D eigenvalue weighted by molar-refractivity contribution is 0.0525. The van der Waals surface area contributed by atoms with E-state index in [2.05, 4.69) is 0 Å². The molecule has 0 bridgehead atoms. The number of hydrogen-bond acceptors (Lipinski definition) is 7. The average Bonchev–Trinajstić information content (AvgIpc) is 3.05. The molecule has 0 amide bonds. The molecule has 0 fully saturated rings. The van der Waals surface area contributed by atoms with Crippen molar-refractivity contribution in [1.29, 1.82) is 0 Å². The van der Waals surface area contributed by atoms with Crippen LogP contribution in [0.5, 0.6) is 11.5 Å². The van der Waals surface area contributed by atoms with Gasteiger partial charge in [0.15, 0.2) is 23.1 Å². The lowest BCUT2D eigenvalue weighted by Crippen LogP contribution is -2.07. The topological polar surface area (TPSA) is 116 Å². The predicted molar refractivity (Wildman–Crippen MR) is 187 cm³/mol. The van der Waals surface area contributed by atoms with E-state index in [0.29, 0.717) is 79.2 Å². The average molecular weight is 734 g/mol. The highest BCUT2D eigenvalue weighted by Gasteiger charge is 2.15. The van der Waals surface area contributed by atoms with Gasteiger partial charge in [-0.25, -0.2) is 9.59 Å². The van der Waals surface area contributed by atoms with Gasteiger partial charge in [-0.05, 0) is 80.4 Å². The normalized spacial score (nSPS) is 10.4. The maximum atomic E-state index is 12.4. The standard InChI is InChI=1S/C19H18Cl2O4.C17H14Cl2O4/c1-3-24-18-15(20)9-12(10-16(18)21)11-17(22)13-5-7-14(8-6-13)19(23)25-4-2;1-2-23-16-13(18)7-10(8-14(16)19)9-15(20)11-3-5-12(6-4-11)17(21)22/h5-10H,3-4,11H2,1-2H3;3-8H,2,9H2,1H3,(H,21,22). The fraction of sp³-hybridized carbons (Fsp3) is 0.222. The molecule has 0 spiro atoms. The van der Waals surface area contributed by atoms with Crippen molar-refractivity contribution in [3.63, 3.8) is 0 Å². The van der Waals surface area contributed by atoms with Crippen LogP contribution in [-0.2, 0) is 17.6 Å². The first kappa shape index (κ1) is 38.4. The summed E-state index contributed by atoms with van der Waals surface area (Å²) in [5.41, 5.74) is 2.82. The Kier molecular flexibility index (Phi) is 14.8. The lowest BCUT2D eigenvalue weighted by atomic mass is 10.0. The summed E-state index contributed by atoms with van der Waals surface area (Å²) >= 11 is 24.5. The van der Waals surface area contributed by atoms with Crippen LogP contribution in [0, 0.1) is 0 Å². The van der Waals surface area contributed by atoms with Crippen molar-refractivity contribution in [2.24, 2.45) is 0 Å². The van der Waals surface area contributed by atoms with E-state index >= 15 is 0 Å². The van der Waals surface area contributed by atoms with Crippen LogP contribution < -0.4 is 9.47 Å². The van der Waals surface area contributed by atoms with Gasteiger partial charge in [0.25, 0.3) is 0 Å². The van der Waals surface area contributed by atoms with Crippen LogP contribution >= 0.6 is 46.4 Å². The highest BCUT2D eigenvalue weighted by Crippen LogP contribution is 2.35. The third-order valence-electron chi connectivity index (χ3n) is 6.59. The number of ether oxygens (including phenoxy) is 3. The Hall–Kier alpha value is -4.08. The highest BCUT2D eigenvalue weighted by atomic mass is 35.5. The second-order valence-corrected chi connectivity index (χ2v) is 11.7. The van der Waals surface area contributed by atoms with Crippen LogP contribution in [0.4, 0.5) is 0 Å². The van der Waals surface area contributed by atoms with Crippen LogP contribution in [0.1, 0.15) is 73.3 Å². The van der Waals surface area contributed by atoms with Gasteiger partial charge in [0.05, 0.1) is 51.0 Å². The molecule has 0 saturated heterocycles. The molecule has 1 N–H and O–H groups in total. The summed E-state index contributed by atoms with van der Waals surface area (Å²) < 4.78 is 15.6. The number of benzene rings is 4. The smallest absolute Gasteiger partial charge is 0.338 e. The zero-order chi connectivity index (χ0) is 35.4. The molecule has 0 radical (unpaired) electrons. The molecule has 0 aromatic heterocycles. The molecule has 0 saturated carbocycles. The molecule has 0 atom stereocenters. The number of halogens is 4. The monoisotopic (exact) mass is 732 g/mol. The fourth-order valence-electron chi connectivity index (χ4n) is 4.37. The molecular weight excluding hydrogens is 702 g/mol. The molecule has 8 nitrogen and oxygen atoms in total. The van der Waals surface area contributed by atoms with Crippen LogP contribution in [0.2, 0.25) is 20.1 Å². The summed E-state index contributed by atoms with van der Waals surface area (Å²) in [7, 11) is 0. The minimum Gasteiger partial charge on any atom is -0.491 e. The summed E-state index contributed by atoms with van der Waals surface area (Å²) in [6.07, 6.45) is 0.253. The van der Waals surface area contributed by atoms with Crippen LogP contribution in [-0.4, -0.2) is 48.4 Å². The number of carbonyl (C=O) groups is 4. The lowest BCUT2D eigenvalue weighted by Gasteiger charge is -2.10. The second-order valence-electron chi connectivity index (χ2n) is 10.0. The molecule has 0 aliphatic rings. The molecular formula is C36H32Cl4O8. The molecule has 48 heavy (non-hydrogen) atoms. The Morgan fingerprint density at radius 2 is 0.875 bits per heavy atom. The van der Waals surface area contributed by atoms with Crippen molar-refractivity contribution < 1.29 is 38.5 Å². The predicted octanol–water partition coefficient (Wildman–Crippen LogP) is 9.51. The Bertz CT molecular complexity index is 1720. The molecule has 252 valence electrons. The van der Waals surface area contributed by atoms with Crippen molar-refractivity contribution >= 4 is 69.9 Å². The minimum atomic E-state index is -1.03. The van der Waals surface area contributed by atoms with E-state index < -0.39 is 11.9 Å². The first-order valence-electron chi connectivity index (χ1n) is 14.8. The van der Waals surface area contributed by atoms with Crippen LogP contribution in [0.3, 0.4) is 0 Å². The van der Waals surface area contributed by atoms with Gasteiger partial charge in [-0.2, -0.15) is 0 Å². The second kappa shape index (κ2) is 18.5. The highest BCUT2D eigenvalue weighted by molar-refractivity contribution is 6.38. The van der Waals surface area contributed by atoms with Gasteiger partial charge in [0.2, 0.25) is 0 Å². The zero-order valence-electron chi connectivity index (χ0n) is 26.3. The van der Waals surface area contributed by atoms with Gasteiger partial charge in [0, 0.05) is 24.0 Å². The Morgan fingerprint density at radius 3 is 1.19 bits per heavy atom. The number of Topliss-reactive ketones (excluding diaryl/α,β-unsaturated/α-hetero) is 2. The van der Waals surface area contributed by atoms with Gasteiger partial charge in [-0.3, -0.25) is 9.59 Å². The first-order valence-corrected chi connectivity index (χ1v) is 16.3. The number of carbonyl (C=O) groups excluding carboxylic acids is 3. The van der Waals surface area contributed by atoms with Gasteiger partial charge < -0.3 is 19.3 Å². The van der Waals surface area contributed by atoms with Crippen molar-refractivity contribution in [3.8, 4) is 11.5 Å². The fourth-order valence-corrected chi connectivity index (χ4v) is 5.66. The van der Waals surface area contributed by atoms with Gasteiger partial charge >= 0.3 is 11.9 Å². The SMILES string of the molecule is CCOC(=O)c1ccc(C(=O)Cc2cc(Cl)c(OCC)c(Cl)c2)cc1.CCOc1c(Cl)cc(CC(=O)c2ccc(C(=O)O)cc2)cc1Cl.